The molecule has 0 fully saturated rings. The number of anilines is 4. The Labute approximate surface area is 154 Å². The molecule has 9 nitrogen and oxygen atoms in total. The van der Waals surface area contributed by atoms with Gasteiger partial charge in [0.25, 0.3) is 0 Å². The van der Waals surface area contributed by atoms with Crippen molar-refractivity contribution in [3.63, 3.8) is 0 Å². The van der Waals surface area contributed by atoms with Crippen molar-refractivity contribution < 1.29 is 14.8 Å². The maximum atomic E-state index is 11.5. The monoisotopic (exact) mass is 367 g/mol. The van der Waals surface area contributed by atoms with Crippen LogP contribution in [0.2, 0.25) is 0 Å². The zero-order valence-corrected chi connectivity index (χ0v) is 14.6. The van der Waals surface area contributed by atoms with E-state index in [2.05, 4.69) is 20.6 Å². The number of phenolic OH excluding ortho intramolecular Hbond substituents is 1. The van der Waals surface area contributed by atoms with Crippen LogP contribution in [0.25, 0.3) is 0 Å². The second kappa shape index (κ2) is 7.56. The second-order valence-corrected chi connectivity index (χ2v) is 5.58. The number of rotatable bonds is 6. The molecule has 0 aliphatic carbocycles. The first-order valence-corrected chi connectivity index (χ1v) is 7.97. The number of aromatic hydroxyl groups is 1. The second-order valence-electron chi connectivity index (χ2n) is 5.58. The Morgan fingerprint density at radius 3 is 2.44 bits per heavy atom. The maximum Gasteiger partial charge on any atom is 0.332 e. The van der Waals surface area contributed by atoms with E-state index in [9.17, 15) is 15.2 Å². The van der Waals surface area contributed by atoms with Crippen LogP contribution in [-0.4, -0.2) is 27.1 Å². The zero-order valence-electron chi connectivity index (χ0n) is 14.6. The van der Waals surface area contributed by atoms with E-state index in [-0.39, 0.29) is 28.9 Å². The summed E-state index contributed by atoms with van der Waals surface area (Å²) < 4.78 is 5.27. The molecular weight excluding hydrogens is 350 g/mol. The number of aryl methyl sites for hydroxylation is 1. The highest BCUT2D eigenvalue weighted by Crippen LogP contribution is 2.33. The molecule has 0 aliphatic heterocycles. The summed E-state index contributed by atoms with van der Waals surface area (Å²) in [6.07, 6.45) is 0. The van der Waals surface area contributed by atoms with Gasteiger partial charge in [0, 0.05) is 5.69 Å². The Morgan fingerprint density at radius 1 is 1.07 bits per heavy atom. The van der Waals surface area contributed by atoms with Crippen molar-refractivity contribution >= 4 is 28.8 Å². The summed E-state index contributed by atoms with van der Waals surface area (Å²) in [4.78, 5) is 19.4. The lowest BCUT2D eigenvalue weighted by molar-refractivity contribution is -0.385. The van der Waals surface area contributed by atoms with Crippen molar-refractivity contribution in [1.29, 1.82) is 0 Å². The van der Waals surface area contributed by atoms with Gasteiger partial charge in [-0.05, 0) is 43.3 Å². The fraction of sp³-hybridized carbons (Fsp3) is 0.111. The van der Waals surface area contributed by atoms with E-state index < -0.39 is 4.92 Å². The first kappa shape index (κ1) is 17.9. The summed E-state index contributed by atoms with van der Waals surface area (Å²) in [6, 6.07) is 13.3. The number of para-hydroxylation sites is 2. The fourth-order valence-corrected chi connectivity index (χ4v) is 2.48. The first-order chi connectivity index (χ1) is 13.0. The molecule has 0 saturated carbocycles. The molecule has 0 aliphatic rings. The highest BCUT2D eigenvalue weighted by Gasteiger charge is 2.23. The molecule has 0 saturated heterocycles. The van der Waals surface area contributed by atoms with Crippen LogP contribution in [0.15, 0.2) is 48.5 Å². The molecule has 0 radical (unpaired) electrons. The molecule has 1 heterocycles. The fourth-order valence-electron chi connectivity index (χ4n) is 2.48. The minimum Gasteiger partial charge on any atom is -0.508 e. The largest absolute Gasteiger partial charge is 0.508 e. The predicted octanol–water partition coefficient (Wildman–Crippen LogP) is 3.89. The Morgan fingerprint density at radius 2 is 1.78 bits per heavy atom. The molecule has 138 valence electrons. The lowest BCUT2D eigenvalue weighted by atomic mass is 10.2. The predicted molar refractivity (Wildman–Crippen MR) is 101 cm³/mol. The molecule has 3 N–H and O–H groups in total. The molecular formula is C18H17N5O4. The number of methoxy groups -OCH3 is 1. The zero-order chi connectivity index (χ0) is 19.4. The Bertz CT molecular complexity index is 976. The minimum atomic E-state index is -0.530. The summed E-state index contributed by atoms with van der Waals surface area (Å²) in [5.41, 5.74) is 1.15. The molecule has 9 heteroatoms. The van der Waals surface area contributed by atoms with Crippen molar-refractivity contribution in [3.05, 3.63) is 64.3 Å². The number of aromatic nitrogens is 2. The number of hydrogen-bond donors (Lipinski definition) is 3. The van der Waals surface area contributed by atoms with Gasteiger partial charge in [0.05, 0.1) is 17.7 Å². The van der Waals surface area contributed by atoms with E-state index in [1.807, 2.05) is 0 Å². The third kappa shape index (κ3) is 4.03. The number of nitrogens with zero attached hydrogens (tertiary/aromatic N) is 3. The number of ether oxygens (including phenoxy) is 1. The van der Waals surface area contributed by atoms with Crippen LogP contribution in [0.4, 0.5) is 28.8 Å². The van der Waals surface area contributed by atoms with Crippen LogP contribution in [0, 0.1) is 17.0 Å². The molecule has 1 aromatic heterocycles. The van der Waals surface area contributed by atoms with Gasteiger partial charge in [0.2, 0.25) is 11.8 Å². The van der Waals surface area contributed by atoms with Crippen molar-refractivity contribution in [2.45, 2.75) is 6.92 Å². The Hall–Kier alpha value is -3.88. The van der Waals surface area contributed by atoms with Gasteiger partial charge in [-0.2, -0.15) is 4.98 Å². The summed E-state index contributed by atoms with van der Waals surface area (Å²) in [5.74, 6) is 0.871. The molecule has 0 unspecified atom stereocenters. The van der Waals surface area contributed by atoms with Crippen LogP contribution < -0.4 is 15.4 Å². The van der Waals surface area contributed by atoms with Crippen molar-refractivity contribution in [2.24, 2.45) is 0 Å². The number of benzene rings is 2. The van der Waals surface area contributed by atoms with E-state index in [1.165, 1.54) is 26.2 Å². The van der Waals surface area contributed by atoms with E-state index >= 15 is 0 Å². The van der Waals surface area contributed by atoms with Gasteiger partial charge in [-0.1, -0.05) is 12.1 Å². The van der Waals surface area contributed by atoms with Crippen molar-refractivity contribution in [2.75, 3.05) is 17.7 Å². The standard InChI is InChI=1S/C18H17N5O4/c1-11-16(23(25)26)17(21-14-5-3-4-6-15(14)27-2)22-18(19-11)20-12-7-9-13(24)10-8-12/h3-10,24H,1-2H3,(H2,19,20,21,22). The lowest BCUT2D eigenvalue weighted by Crippen LogP contribution is -2.07. The van der Waals surface area contributed by atoms with E-state index in [4.69, 9.17) is 4.74 Å². The topological polar surface area (TPSA) is 122 Å². The number of phenols is 1. The maximum absolute atomic E-state index is 11.5. The molecule has 2 aromatic carbocycles. The van der Waals surface area contributed by atoms with Gasteiger partial charge >= 0.3 is 5.69 Å². The third-order valence-electron chi connectivity index (χ3n) is 3.72. The van der Waals surface area contributed by atoms with Crippen LogP contribution in [-0.2, 0) is 0 Å². The van der Waals surface area contributed by atoms with Crippen LogP contribution >= 0.6 is 0 Å². The highest BCUT2D eigenvalue weighted by molar-refractivity contribution is 5.72. The van der Waals surface area contributed by atoms with E-state index in [1.54, 1.807) is 36.4 Å². The van der Waals surface area contributed by atoms with Gasteiger partial charge in [-0.15, -0.1) is 0 Å². The van der Waals surface area contributed by atoms with Crippen molar-refractivity contribution in [1.82, 2.24) is 9.97 Å². The van der Waals surface area contributed by atoms with Gasteiger partial charge in [0.1, 0.15) is 17.2 Å². The van der Waals surface area contributed by atoms with Gasteiger partial charge in [-0.25, -0.2) is 4.98 Å². The SMILES string of the molecule is COc1ccccc1Nc1nc(Nc2ccc(O)cc2)nc(C)c1[N+](=O)[O-]. The lowest BCUT2D eigenvalue weighted by Gasteiger charge is -2.13. The Balaban J connectivity index is 2.01. The summed E-state index contributed by atoms with van der Waals surface area (Å²) in [7, 11) is 1.51. The number of hydrogen-bond acceptors (Lipinski definition) is 8. The number of nitrogens with one attached hydrogen (secondary N) is 2. The van der Waals surface area contributed by atoms with E-state index in [0.29, 0.717) is 17.1 Å². The van der Waals surface area contributed by atoms with Gasteiger partial charge in [-0.3, -0.25) is 10.1 Å². The number of nitro groups is 1. The molecule has 3 aromatic rings. The molecule has 0 bridgehead atoms. The van der Waals surface area contributed by atoms with E-state index in [0.717, 1.165) is 0 Å². The molecule has 27 heavy (non-hydrogen) atoms. The van der Waals surface area contributed by atoms with Crippen molar-refractivity contribution in [3.8, 4) is 11.5 Å². The van der Waals surface area contributed by atoms with Gasteiger partial charge in [0.15, 0.2) is 0 Å². The third-order valence-corrected chi connectivity index (χ3v) is 3.72. The summed E-state index contributed by atoms with van der Waals surface area (Å²) in [5, 5.41) is 26.8. The molecule has 0 amide bonds. The summed E-state index contributed by atoms with van der Waals surface area (Å²) >= 11 is 0. The molecule has 3 rings (SSSR count). The molecule has 0 atom stereocenters. The molecule has 0 spiro atoms. The average Bonchev–Trinajstić information content (AvgIpc) is 2.63. The van der Waals surface area contributed by atoms with Crippen LogP contribution in [0.5, 0.6) is 11.5 Å². The highest BCUT2D eigenvalue weighted by atomic mass is 16.6. The quantitative estimate of drug-likeness (QED) is 0.341. The smallest absolute Gasteiger partial charge is 0.332 e. The average molecular weight is 367 g/mol. The first-order valence-electron chi connectivity index (χ1n) is 7.97. The van der Waals surface area contributed by atoms with Crippen LogP contribution in [0.1, 0.15) is 5.69 Å². The minimum absolute atomic E-state index is 0.0401. The van der Waals surface area contributed by atoms with Gasteiger partial charge < -0.3 is 20.5 Å². The Kier molecular flexibility index (Phi) is 5.02. The summed E-state index contributed by atoms with van der Waals surface area (Å²) in [6.45, 7) is 1.54. The normalized spacial score (nSPS) is 10.3. The van der Waals surface area contributed by atoms with Crippen LogP contribution in [0.3, 0.4) is 0 Å².